The Labute approximate surface area is 165 Å². The Balaban J connectivity index is 0.000000221. The van der Waals surface area contributed by atoms with Gasteiger partial charge in [-0.15, -0.1) is 0 Å². The van der Waals surface area contributed by atoms with Gasteiger partial charge in [0.25, 0.3) is 0 Å². The Morgan fingerprint density at radius 1 is 1.14 bits per heavy atom. The second kappa shape index (κ2) is 9.85. The quantitative estimate of drug-likeness (QED) is 0.637. The molecule has 1 aliphatic heterocycles. The van der Waals surface area contributed by atoms with Crippen molar-refractivity contribution >= 4 is 6.09 Å². The molecule has 1 amide bonds. The van der Waals surface area contributed by atoms with Crippen molar-refractivity contribution in [2.45, 2.75) is 31.7 Å². The summed E-state index contributed by atoms with van der Waals surface area (Å²) in [5, 5.41) is 27.8. The van der Waals surface area contributed by atoms with Crippen LogP contribution in [0.4, 0.5) is 4.79 Å². The molecule has 0 spiro atoms. The average molecular weight is 388 g/mol. The lowest BCUT2D eigenvalue weighted by Gasteiger charge is -2.30. The molecule has 0 bridgehead atoms. The monoisotopic (exact) mass is 388 g/mol. The van der Waals surface area contributed by atoms with Crippen molar-refractivity contribution in [2.24, 2.45) is 5.73 Å². The number of likely N-dealkylation sites (tertiary alicyclic amines) is 1. The topological polar surface area (TPSA) is 116 Å². The van der Waals surface area contributed by atoms with E-state index in [2.05, 4.69) is 0 Å². The summed E-state index contributed by atoms with van der Waals surface area (Å²) in [5.41, 5.74) is 7.58. The number of benzene rings is 2. The van der Waals surface area contributed by atoms with Gasteiger partial charge in [-0.2, -0.15) is 0 Å². The second-order valence-corrected chi connectivity index (χ2v) is 6.85. The number of hydrogen-bond acceptors (Lipinski definition) is 5. The van der Waals surface area contributed by atoms with Crippen molar-refractivity contribution in [3.63, 3.8) is 0 Å². The number of methoxy groups -OCH3 is 1. The van der Waals surface area contributed by atoms with Gasteiger partial charge in [0.15, 0.2) is 0 Å². The van der Waals surface area contributed by atoms with E-state index in [1.54, 1.807) is 19.2 Å². The normalized spacial score (nSPS) is 15.3. The van der Waals surface area contributed by atoms with Gasteiger partial charge in [0.1, 0.15) is 17.2 Å². The highest BCUT2D eigenvalue weighted by Gasteiger charge is 2.24. The Bertz CT molecular complexity index is 769. The van der Waals surface area contributed by atoms with E-state index in [4.69, 9.17) is 15.6 Å². The van der Waals surface area contributed by atoms with Crippen LogP contribution in [-0.2, 0) is 0 Å². The number of carbonyl (C=O) groups is 1. The molecule has 7 nitrogen and oxygen atoms in total. The van der Waals surface area contributed by atoms with E-state index in [0.29, 0.717) is 25.9 Å². The van der Waals surface area contributed by atoms with Gasteiger partial charge in [0.2, 0.25) is 0 Å². The number of ether oxygens (including phenoxy) is 1. The van der Waals surface area contributed by atoms with Gasteiger partial charge in [-0.25, -0.2) is 4.79 Å². The molecule has 0 radical (unpaired) electrons. The molecule has 1 heterocycles. The summed E-state index contributed by atoms with van der Waals surface area (Å²) in [7, 11) is 1.65. The fourth-order valence-electron chi connectivity index (χ4n) is 3.17. The average Bonchev–Trinajstić information content (AvgIpc) is 2.68. The van der Waals surface area contributed by atoms with Gasteiger partial charge in [-0.3, -0.25) is 0 Å². The molecular weight excluding hydrogens is 360 g/mol. The first-order valence-corrected chi connectivity index (χ1v) is 9.21. The van der Waals surface area contributed by atoms with E-state index in [-0.39, 0.29) is 23.5 Å². The minimum absolute atomic E-state index is 0.0363. The lowest BCUT2D eigenvalue weighted by Crippen LogP contribution is -2.36. The number of nitrogens with two attached hydrogens (primary N) is 1. The first-order valence-electron chi connectivity index (χ1n) is 9.21. The van der Waals surface area contributed by atoms with E-state index in [0.717, 1.165) is 16.9 Å². The molecule has 0 saturated carbocycles. The molecule has 1 aliphatic rings. The number of rotatable bonds is 3. The third-order valence-corrected chi connectivity index (χ3v) is 4.86. The number of hydrogen-bond donors (Lipinski definition) is 4. The first-order chi connectivity index (χ1) is 13.3. The number of piperidine rings is 1. The Hall–Kier alpha value is -2.93. The minimum Gasteiger partial charge on any atom is -0.508 e. The van der Waals surface area contributed by atoms with Gasteiger partial charge in [-0.1, -0.05) is 18.2 Å². The van der Waals surface area contributed by atoms with Gasteiger partial charge < -0.3 is 30.7 Å². The molecule has 0 unspecified atom stereocenters. The summed E-state index contributed by atoms with van der Waals surface area (Å²) in [6.07, 6.45) is 0.508. The lowest BCUT2D eigenvalue weighted by molar-refractivity contribution is 0.132. The molecule has 2 aromatic carbocycles. The molecule has 3 rings (SSSR count). The zero-order chi connectivity index (χ0) is 20.7. The molecule has 1 fully saturated rings. The molecule has 28 heavy (non-hydrogen) atoms. The number of aromatic hydroxyl groups is 2. The summed E-state index contributed by atoms with van der Waals surface area (Å²) in [5.74, 6) is 1.15. The van der Waals surface area contributed by atoms with Crippen LogP contribution < -0.4 is 10.5 Å². The molecule has 1 atom stereocenters. The van der Waals surface area contributed by atoms with Crippen molar-refractivity contribution in [1.29, 1.82) is 0 Å². The van der Waals surface area contributed by atoms with Crippen LogP contribution in [0.2, 0.25) is 0 Å². The second-order valence-electron chi connectivity index (χ2n) is 6.85. The molecule has 1 saturated heterocycles. The smallest absolute Gasteiger partial charge is 0.407 e. The number of phenols is 2. The fraction of sp³-hybridized carbons (Fsp3) is 0.381. The summed E-state index contributed by atoms with van der Waals surface area (Å²) < 4.78 is 5.01. The number of amides is 1. The fourth-order valence-corrected chi connectivity index (χ4v) is 3.17. The minimum atomic E-state index is -0.890. The molecule has 7 heteroatoms. The van der Waals surface area contributed by atoms with Crippen molar-refractivity contribution in [3.05, 3.63) is 53.6 Å². The number of phenolic OH excluding ortho intramolecular Hbond substituents is 2. The number of nitrogens with zero attached hydrogens (tertiary/aromatic N) is 1. The molecular formula is C21H28N2O5. The van der Waals surface area contributed by atoms with Crippen LogP contribution >= 0.6 is 0 Å². The highest BCUT2D eigenvalue weighted by atomic mass is 16.5. The van der Waals surface area contributed by atoms with Crippen molar-refractivity contribution in [1.82, 2.24) is 4.90 Å². The van der Waals surface area contributed by atoms with Crippen LogP contribution in [0.1, 0.15) is 42.9 Å². The molecule has 0 aliphatic carbocycles. The highest BCUT2D eigenvalue weighted by molar-refractivity contribution is 5.65. The molecule has 0 aromatic heterocycles. The summed E-state index contributed by atoms with van der Waals surface area (Å²) in [4.78, 5) is 12.1. The van der Waals surface area contributed by atoms with Crippen LogP contribution in [0.5, 0.6) is 17.2 Å². The number of carboxylic acid groups (broad SMARTS) is 1. The first kappa shape index (κ1) is 21.4. The molecule has 5 N–H and O–H groups in total. The van der Waals surface area contributed by atoms with E-state index >= 15 is 0 Å². The van der Waals surface area contributed by atoms with Crippen LogP contribution in [-0.4, -0.2) is 46.5 Å². The molecule has 152 valence electrons. The van der Waals surface area contributed by atoms with Crippen LogP contribution in [0, 0.1) is 0 Å². The lowest BCUT2D eigenvalue weighted by atomic mass is 9.89. The maximum Gasteiger partial charge on any atom is 0.407 e. The van der Waals surface area contributed by atoms with E-state index < -0.39 is 6.09 Å². The predicted octanol–water partition coefficient (Wildman–Crippen LogP) is 3.67. The Kier molecular flexibility index (Phi) is 7.52. The molecule has 2 aromatic rings. The Morgan fingerprint density at radius 2 is 1.75 bits per heavy atom. The van der Waals surface area contributed by atoms with E-state index in [1.165, 1.54) is 11.0 Å². The van der Waals surface area contributed by atoms with Gasteiger partial charge in [0.05, 0.1) is 7.11 Å². The maximum absolute atomic E-state index is 10.8. The third-order valence-electron chi connectivity index (χ3n) is 4.86. The largest absolute Gasteiger partial charge is 0.508 e. The summed E-state index contributed by atoms with van der Waals surface area (Å²) in [6.45, 7) is 2.93. The summed E-state index contributed by atoms with van der Waals surface area (Å²) >= 11 is 0. The van der Waals surface area contributed by atoms with E-state index in [9.17, 15) is 15.0 Å². The predicted molar refractivity (Wildman–Crippen MR) is 107 cm³/mol. The zero-order valence-corrected chi connectivity index (χ0v) is 16.2. The van der Waals surface area contributed by atoms with Crippen LogP contribution in [0.25, 0.3) is 0 Å². The van der Waals surface area contributed by atoms with Crippen molar-refractivity contribution in [3.8, 4) is 17.2 Å². The van der Waals surface area contributed by atoms with Crippen molar-refractivity contribution in [2.75, 3.05) is 20.2 Å². The van der Waals surface area contributed by atoms with Crippen molar-refractivity contribution < 1.29 is 24.9 Å². The third kappa shape index (κ3) is 5.79. The Morgan fingerprint density at radius 3 is 2.21 bits per heavy atom. The van der Waals surface area contributed by atoms with E-state index in [1.807, 2.05) is 31.2 Å². The zero-order valence-electron chi connectivity index (χ0n) is 16.2. The van der Waals surface area contributed by atoms with Gasteiger partial charge in [0, 0.05) is 25.2 Å². The standard InChI is InChI=1S/C12H15NO4.C9H13NO/c14-9-1-2-10(11(15)7-9)8-3-5-13(6-4-8)12(16)17;1-7(10)8-3-5-9(11-2)6-4-8/h1-2,7-8,14-15H,3-6H2,(H,16,17);3-7H,10H2,1-2H3/t;7-/m.0/s1. The highest BCUT2D eigenvalue weighted by Crippen LogP contribution is 2.35. The summed E-state index contributed by atoms with van der Waals surface area (Å²) in [6, 6.07) is 12.4. The maximum atomic E-state index is 10.8. The van der Waals surface area contributed by atoms with Gasteiger partial charge in [-0.05, 0) is 55.0 Å². The van der Waals surface area contributed by atoms with Crippen LogP contribution in [0.3, 0.4) is 0 Å². The SMILES string of the molecule is COc1ccc([C@H](C)N)cc1.O=C(O)N1CCC(c2ccc(O)cc2O)CC1. The van der Waals surface area contributed by atoms with Gasteiger partial charge >= 0.3 is 6.09 Å². The van der Waals surface area contributed by atoms with Crippen LogP contribution in [0.15, 0.2) is 42.5 Å².